The molecule has 0 aliphatic heterocycles. The lowest BCUT2D eigenvalue weighted by molar-refractivity contribution is 0.0957. The number of ketones is 1. The summed E-state index contributed by atoms with van der Waals surface area (Å²) >= 11 is 3.41. The van der Waals surface area contributed by atoms with E-state index in [0.717, 1.165) is 28.9 Å². The molecular weight excluding hydrogens is 330 g/mol. The van der Waals surface area contributed by atoms with Gasteiger partial charge >= 0.3 is 0 Å². The summed E-state index contributed by atoms with van der Waals surface area (Å²) < 4.78 is 6.36. The summed E-state index contributed by atoms with van der Waals surface area (Å²) in [5.74, 6) is 1.16. The second kappa shape index (κ2) is 6.58. The van der Waals surface area contributed by atoms with Crippen molar-refractivity contribution >= 4 is 21.7 Å². The van der Waals surface area contributed by atoms with Crippen molar-refractivity contribution < 1.29 is 9.21 Å². The van der Waals surface area contributed by atoms with E-state index in [9.17, 15) is 4.79 Å². The average Bonchev–Trinajstić information content (AvgIpc) is 3.20. The van der Waals surface area contributed by atoms with Gasteiger partial charge < -0.3 is 4.42 Å². The molecule has 0 saturated heterocycles. The Balaban J connectivity index is 1.58. The lowest BCUT2D eigenvalue weighted by atomic mass is 10.1. The quantitative estimate of drug-likeness (QED) is 0.701. The van der Waals surface area contributed by atoms with Crippen LogP contribution in [0, 0.1) is 0 Å². The zero-order chi connectivity index (χ0) is 14.7. The second-order valence-corrected chi connectivity index (χ2v) is 6.38. The van der Waals surface area contributed by atoms with Gasteiger partial charge in [0.1, 0.15) is 5.76 Å². The maximum atomic E-state index is 12.3. The normalized spacial score (nSPS) is 14.6. The number of carbonyl (C=O) groups is 1. The van der Waals surface area contributed by atoms with Crippen molar-refractivity contribution in [2.75, 3.05) is 6.54 Å². The van der Waals surface area contributed by atoms with Crippen LogP contribution in [-0.4, -0.2) is 23.3 Å². The topological polar surface area (TPSA) is 33.5 Å². The number of hydrogen-bond donors (Lipinski definition) is 0. The van der Waals surface area contributed by atoms with Crippen LogP contribution in [0.1, 0.15) is 35.4 Å². The summed E-state index contributed by atoms with van der Waals surface area (Å²) in [5, 5.41) is 0. The van der Waals surface area contributed by atoms with Crippen molar-refractivity contribution in [1.29, 1.82) is 0 Å². The first-order chi connectivity index (χ1) is 10.2. The van der Waals surface area contributed by atoms with Crippen LogP contribution >= 0.6 is 15.9 Å². The van der Waals surface area contributed by atoms with Crippen LogP contribution < -0.4 is 0 Å². The number of nitrogens with zero attached hydrogens (tertiary/aromatic N) is 1. The molecule has 4 heteroatoms. The van der Waals surface area contributed by atoms with E-state index >= 15 is 0 Å². The number of rotatable bonds is 7. The Morgan fingerprint density at radius 1 is 1.29 bits per heavy atom. The molecule has 0 radical (unpaired) electrons. The SMILES string of the molecule is O=C(CCN(Cc1ccco1)C1CC1)c1cccc(Br)c1. The Kier molecular flexibility index (Phi) is 4.56. The van der Waals surface area contributed by atoms with E-state index in [0.29, 0.717) is 12.5 Å². The van der Waals surface area contributed by atoms with Crippen molar-refractivity contribution in [3.05, 3.63) is 58.5 Å². The lowest BCUT2D eigenvalue weighted by Gasteiger charge is -2.20. The van der Waals surface area contributed by atoms with Crippen molar-refractivity contribution in [2.45, 2.75) is 31.8 Å². The molecule has 3 rings (SSSR count). The smallest absolute Gasteiger partial charge is 0.164 e. The van der Waals surface area contributed by atoms with Crippen LogP contribution in [0.3, 0.4) is 0 Å². The van der Waals surface area contributed by atoms with Crippen LogP contribution in [0.2, 0.25) is 0 Å². The highest BCUT2D eigenvalue weighted by Crippen LogP contribution is 2.28. The van der Waals surface area contributed by atoms with Gasteiger partial charge in [-0.1, -0.05) is 28.1 Å². The molecule has 110 valence electrons. The molecule has 0 amide bonds. The molecule has 1 fully saturated rings. The third kappa shape index (κ3) is 4.05. The van der Waals surface area contributed by atoms with Gasteiger partial charge in [0.05, 0.1) is 12.8 Å². The zero-order valence-corrected chi connectivity index (χ0v) is 13.4. The highest BCUT2D eigenvalue weighted by atomic mass is 79.9. The molecule has 0 unspecified atom stereocenters. The Morgan fingerprint density at radius 3 is 2.81 bits per heavy atom. The van der Waals surface area contributed by atoms with Gasteiger partial charge in [-0.2, -0.15) is 0 Å². The number of halogens is 1. The van der Waals surface area contributed by atoms with Gasteiger partial charge in [-0.25, -0.2) is 0 Å². The molecule has 0 N–H and O–H groups in total. The van der Waals surface area contributed by atoms with E-state index in [1.807, 2.05) is 36.4 Å². The minimum atomic E-state index is 0.196. The second-order valence-electron chi connectivity index (χ2n) is 5.46. The van der Waals surface area contributed by atoms with E-state index in [-0.39, 0.29) is 5.78 Å². The molecule has 1 aromatic carbocycles. The summed E-state index contributed by atoms with van der Waals surface area (Å²) in [4.78, 5) is 14.6. The Labute approximate surface area is 133 Å². The Morgan fingerprint density at radius 2 is 2.14 bits per heavy atom. The maximum absolute atomic E-state index is 12.3. The van der Waals surface area contributed by atoms with Gasteiger partial charge in [-0.15, -0.1) is 0 Å². The van der Waals surface area contributed by atoms with Crippen molar-refractivity contribution in [2.24, 2.45) is 0 Å². The van der Waals surface area contributed by atoms with E-state index in [1.54, 1.807) is 6.26 Å². The molecule has 21 heavy (non-hydrogen) atoms. The monoisotopic (exact) mass is 347 g/mol. The number of carbonyl (C=O) groups excluding carboxylic acids is 1. The third-order valence-corrected chi connectivity index (χ3v) is 4.27. The lowest BCUT2D eigenvalue weighted by Crippen LogP contribution is -2.28. The molecule has 0 atom stereocenters. The van der Waals surface area contributed by atoms with Gasteiger partial charge in [0.25, 0.3) is 0 Å². The predicted octanol–water partition coefficient (Wildman–Crippen LogP) is 4.28. The van der Waals surface area contributed by atoms with E-state index in [1.165, 1.54) is 12.8 Å². The molecule has 0 spiro atoms. The number of furan rings is 1. The van der Waals surface area contributed by atoms with Crippen molar-refractivity contribution in [1.82, 2.24) is 4.90 Å². The molecule has 3 nitrogen and oxygen atoms in total. The fraction of sp³-hybridized carbons (Fsp3) is 0.353. The van der Waals surface area contributed by atoms with Gasteiger partial charge in [0.2, 0.25) is 0 Å². The summed E-state index contributed by atoms with van der Waals surface area (Å²) in [5.41, 5.74) is 0.776. The first-order valence-electron chi connectivity index (χ1n) is 7.27. The summed E-state index contributed by atoms with van der Waals surface area (Å²) in [6.45, 7) is 1.58. The van der Waals surface area contributed by atoms with Crippen LogP contribution in [-0.2, 0) is 6.54 Å². The molecule has 1 saturated carbocycles. The maximum Gasteiger partial charge on any atom is 0.164 e. The van der Waals surface area contributed by atoms with Crippen LogP contribution in [0.4, 0.5) is 0 Å². The largest absolute Gasteiger partial charge is 0.468 e. The highest BCUT2D eigenvalue weighted by Gasteiger charge is 2.29. The highest BCUT2D eigenvalue weighted by molar-refractivity contribution is 9.10. The predicted molar refractivity (Wildman–Crippen MR) is 85.2 cm³/mol. The molecule has 1 aliphatic carbocycles. The number of hydrogen-bond acceptors (Lipinski definition) is 3. The number of Topliss-reactive ketones (excluding diaryl/α,β-unsaturated/α-hetero) is 1. The van der Waals surface area contributed by atoms with Gasteiger partial charge in [0.15, 0.2) is 5.78 Å². The molecule has 2 aromatic rings. The van der Waals surface area contributed by atoms with Gasteiger partial charge in [-0.3, -0.25) is 9.69 Å². The average molecular weight is 348 g/mol. The summed E-state index contributed by atoms with van der Waals surface area (Å²) in [7, 11) is 0. The number of benzene rings is 1. The fourth-order valence-electron chi connectivity index (χ4n) is 2.48. The fourth-order valence-corrected chi connectivity index (χ4v) is 2.88. The van der Waals surface area contributed by atoms with Crippen molar-refractivity contribution in [3.8, 4) is 0 Å². The van der Waals surface area contributed by atoms with Gasteiger partial charge in [0, 0.05) is 29.0 Å². The van der Waals surface area contributed by atoms with E-state index < -0.39 is 0 Å². The standard InChI is InChI=1S/C17H18BrNO2/c18-14-4-1-3-13(11-14)17(20)8-9-19(15-6-7-15)12-16-5-2-10-21-16/h1-5,10-11,15H,6-9,12H2. The zero-order valence-electron chi connectivity index (χ0n) is 11.8. The minimum absolute atomic E-state index is 0.196. The van der Waals surface area contributed by atoms with Crippen molar-refractivity contribution in [3.63, 3.8) is 0 Å². The van der Waals surface area contributed by atoms with E-state index in [2.05, 4.69) is 20.8 Å². The molecule has 1 aromatic heterocycles. The Bertz CT molecular complexity index is 605. The van der Waals surface area contributed by atoms with Crippen LogP contribution in [0.15, 0.2) is 51.6 Å². The minimum Gasteiger partial charge on any atom is -0.468 e. The van der Waals surface area contributed by atoms with Crippen LogP contribution in [0.5, 0.6) is 0 Å². The van der Waals surface area contributed by atoms with E-state index in [4.69, 9.17) is 4.42 Å². The van der Waals surface area contributed by atoms with Crippen LogP contribution in [0.25, 0.3) is 0 Å². The first kappa shape index (κ1) is 14.5. The Hall–Kier alpha value is -1.39. The molecule has 1 heterocycles. The molecule has 0 bridgehead atoms. The molecule has 1 aliphatic rings. The first-order valence-corrected chi connectivity index (χ1v) is 8.07. The summed E-state index contributed by atoms with van der Waals surface area (Å²) in [6, 6.07) is 12.1. The summed E-state index contributed by atoms with van der Waals surface area (Å²) in [6.07, 6.45) is 4.71. The molecular formula is C17H18BrNO2. The van der Waals surface area contributed by atoms with Gasteiger partial charge in [-0.05, 0) is 37.1 Å². The third-order valence-electron chi connectivity index (χ3n) is 3.77.